The lowest BCUT2D eigenvalue weighted by atomic mass is 9.75. The summed E-state index contributed by atoms with van der Waals surface area (Å²) in [5, 5.41) is 11.2. The molecule has 0 aliphatic carbocycles. The average Bonchev–Trinajstić information content (AvgIpc) is 2.91. The Hall–Kier alpha value is -4.43. The van der Waals surface area contributed by atoms with Crippen LogP contribution in [0.15, 0.2) is 102 Å². The van der Waals surface area contributed by atoms with Gasteiger partial charge in [0, 0.05) is 41.2 Å². The van der Waals surface area contributed by atoms with Crippen molar-refractivity contribution >= 4 is 17.2 Å². The third kappa shape index (κ3) is 5.45. The van der Waals surface area contributed by atoms with Crippen molar-refractivity contribution in [3.63, 3.8) is 0 Å². The smallest absolute Gasteiger partial charge is 0.269 e. The second kappa shape index (κ2) is 11.3. The number of nitro groups is 1. The van der Waals surface area contributed by atoms with E-state index in [0.29, 0.717) is 24.4 Å². The molecular weight excluding hydrogens is 450 g/mol. The number of allylic oxidation sites excluding steroid dienone is 3. The Morgan fingerprint density at radius 1 is 0.889 bits per heavy atom. The summed E-state index contributed by atoms with van der Waals surface area (Å²) in [5.74, 6) is 6.69. The molecule has 0 spiro atoms. The summed E-state index contributed by atoms with van der Waals surface area (Å²) in [6.45, 7) is 4.01. The van der Waals surface area contributed by atoms with Gasteiger partial charge in [0.1, 0.15) is 5.76 Å². The first-order chi connectivity index (χ1) is 17.5. The quantitative estimate of drug-likeness (QED) is 0.224. The molecule has 1 unspecified atom stereocenters. The molecule has 0 radical (unpaired) electrons. The van der Waals surface area contributed by atoms with Gasteiger partial charge in [0.15, 0.2) is 11.5 Å². The number of carbonyl (C=O) groups excluding carboxylic acids is 1. The van der Waals surface area contributed by atoms with Crippen LogP contribution in [0.4, 0.5) is 5.69 Å². The first-order valence-corrected chi connectivity index (χ1v) is 12.0. The van der Waals surface area contributed by atoms with E-state index in [1.807, 2.05) is 74.5 Å². The number of non-ortho nitro benzene ring substituents is 1. The number of hydrogen-bond acceptors (Lipinski definition) is 4. The van der Waals surface area contributed by atoms with Crippen LogP contribution in [0.2, 0.25) is 0 Å². The molecule has 3 aromatic rings. The van der Waals surface area contributed by atoms with Crippen LogP contribution in [0.1, 0.15) is 49.3 Å². The molecule has 0 saturated heterocycles. The van der Waals surface area contributed by atoms with Crippen LogP contribution < -0.4 is 0 Å². The van der Waals surface area contributed by atoms with E-state index in [0.717, 1.165) is 22.3 Å². The molecule has 1 aliphatic rings. The lowest BCUT2D eigenvalue weighted by Crippen LogP contribution is -2.25. The fourth-order valence-electron chi connectivity index (χ4n) is 4.54. The predicted octanol–water partition coefficient (Wildman–Crippen LogP) is 7.06. The maximum Gasteiger partial charge on any atom is 0.269 e. The second-order valence-corrected chi connectivity index (χ2v) is 8.54. The molecule has 0 saturated carbocycles. The molecule has 180 valence electrons. The topological polar surface area (TPSA) is 69.4 Å². The second-order valence-electron chi connectivity index (χ2n) is 8.54. The minimum absolute atomic E-state index is 0.0117. The van der Waals surface area contributed by atoms with Gasteiger partial charge in [-0.2, -0.15) is 0 Å². The molecule has 4 rings (SSSR count). The Bertz CT molecular complexity index is 1360. The molecule has 0 bridgehead atoms. The van der Waals surface area contributed by atoms with Crippen LogP contribution in [0, 0.1) is 27.9 Å². The minimum Gasteiger partial charge on any atom is -0.448 e. The van der Waals surface area contributed by atoms with Gasteiger partial charge in [0.05, 0.1) is 4.92 Å². The number of benzene rings is 3. The molecule has 1 heterocycles. The van der Waals surface area contributed by atoms with E-state index < -0.39 is 4.92 Å². The molecule has 0 N–H and O–H groups in total. The normalized spacial score (nSPS) is 21.2. The lowest BCUT2D eigenvalue weighted by Gasteiger charge is -2.30. The number of ether oxygens (including phenoxy) is 1. The summed E-state index contributed by atoms with van der Waals surface area (Å²) in [4.78, 5) is 24.4. The summed E-state index contributed by atoms with van der Waals surface area (Å²) < 4.78 is 6.42. The van der Waals surface area contributed by atoms with Crippen molar-refractivity contribution in [3.05, 3.63) is 129 Å². The van der Waals surface area contributed by atoms with Crippen molar-refractivity contribution < 1.29 is 14.5 Å². The third-order valence-corrected chi connectivity index (χ3v) is 6.36. The van der Waals surface area contributed by atoms with Gasteiger partial charge < -0.3 is 4.74 Å². The standard InChI is InChI=1S/C31H27NO4/c1-3-26-28(33)21-30(23-13-9-6-10-14-23)36-29(20-15-22-11-7-5-8-12-22)27(4-2)31(26)24-16-18-25(19-17-24)32(34)35/h5-14,16-19,21,26,31H,3-4H2,1-2H3/b29-27-,30-21-/t26?,31-/m0/s1. The van der Waals surface area contributed by atoms with Crippen molar-refractivity contribution in [3.8, 4) is 11.8 Å². The highest BCUT2D eigenvalue weighted by Gasteiger charge is 2.34. The van der Waals surface area contributed by atoms with Gasteiger partial charge in [-0.05, 0) is 42.0 Å². The van der Waals surface area contributed by atoms with Gasteiger partial charge in [-0.1, -0.05) is 80.4 Å². The fourth-order valence-corrected chi connectivity index (χ4v) is 4.54. The highest BCUT2D eigenvalue weighted by Crippen LogP contribution is 2.41. The maximum atomic E-state index is 13.6. The molecule has 0 aromatic heterocycles. The lowest BCUT2D eigenvalue weighted by molar-refractivity contribution is -0.384. The van der Waals surface area contributed by atoms with Crippen molar-refractivity contribution in [2.24, 2.45) is 5.92 Å². The van der Waals surface area contributed by atoms with E-state index in [-0.39, 0.29) is 23.3 Å². The molecule has 36 heavy (non-hydrogen) atoms. The minimum atomic E-state index is -0.421. The predicted molar refractivity (Wildman–Crippen MR) is 141 cm³/mol. The largest absolute Gasteiger partial charge is 0.448 e. The van der Waals surface area contributed by atoms with Gasteiger partial charge in [-0.15, -0.1) is 0 Å². The molecule has 5 nitrogen and oxygen atoms in total. The van der Waals surface area contributed by atoms with Crippen LogP contribution in [0.5, 0.6) is 0 Å². The number of carbonyl (C=O) groups is 1. The molecular formula is C31H27NO4. The van der Waals surface area contributed by atoms with Gasteiger partial charge in [0.2, 0.25) is 0 Å². The molecule has 1 aliphatic heterocycles. The zero-order valence-corrected chi connectivity index (χ0v) is 20.3. The Balaban J connectivity index is 1.91. The average molecular weight is 478 g/mol. The first-order valence-electron chi connectivity index (χ1n) is 12.0. The van der Waals surface area contributed by atoms with E-state index in [1.54, 1.807) is 18.2 Å². The summed E-state index contributed by atoms with van der Waals surface area (Å²) in [6, 6.07) is 25.6. The summed E-state index contributed by atoms with van der Waals surface area (Å²) >= 11 is 0. The van der Waals surface area contributed by atoms with Crippen LogP contribution in [0.3, 0.4) is 0 Å². The van der Waals surface area contributed by atoms with Crippen molar-refractivity contribution in [1.29, 1.82) is 0 Å². The third-order valence-electron chi connectivity index (χ3n) is 6.36. The van der Waals surface area contributed by atoms with Gasteiger partial charge in [0.25, 0.3) is 5.69 Å². The van der Waals surface area contributed by atoms with Crippen molar-refractivity contribution in [2.45, 2.75) is 32.6 Å². The van der Waals surface area contributed by atoms with Crippen LogP contribution in [-0.2, 0) is 9.53 Å². The SMILES string of the molecule is CC/C1=C(\C#Cc2ccccc2)O/C(c2ccccc2)=C\C(=O)C(CC)[C@@H]1c1ccc([N+](=O)[O-])cc1. The monoisotopic (exact) mass is 477 g/mol. The van der Waals surface area contributed by atoms with E-state index in [4.69, 9.17) is 4.74 Å². The Morgan fingerprint density at radius 3 is 2.11 bits per heavy atom. The number of nitro benzene ring substituents is 1. The zero-order chi connectivity index (χ0) is 25.5. The summed E-state index contributed by atoms with van der Waals surface area (Å²) in [5.41, 5.74) is 3.39. The number of nitrogens with zero attached hydrogens (tertiary/aromatic N) is 1. The van der Waals surface area contributed by atoms with Crippen molar-refractivity contribution in [1.82, 2.24) is 0 Å². The van der Waals surface area contributed by atoms with Crippen LogP contribution in [-0.4, -0.2) is 10.7 Å². The summed E-state index contributed by atoms with van der Waals surface area (Å²) in [7, 11) is 0. The van der Waals surface area contributed by atoms with E-state index in [2.05, 4.69) is 11.8 Å². The number of ketones is 1. The van der Waals surface area contributed by atoms with E-state index in [1.165, 1.54) is 12.1 Å². The highest BCUT2D eigenvalue weighted by molar-refractivity contribution is 5.98. The molecule has 5 heteroatoms. The van der Waals surface area contributed by atoms with E-state index >= 15 is 0 Å². The van der Waals surface area contributed by atoms with Crippen LogP contribution >= 0.6 is 0 Å². The Morgan fingerprint density at radius 2 is 1.53 bits per heavy atom. The molecule has 0 amide bonds. The molecule has 2 atom stereocenters. The van der Waals surface area contributed by atoms with E-state index in [9.17, 15) is 14.9 Å². The van der Waals surface area contributed by atoms with Crippen molar-refractivity contribution in [2.75, 3.05) is 0 Å². The Kier molecular flexibility index (Phi) is 7.77. The fraction of sp³-hybridized carbons (Fsp3) is 0.194. The Labute approximate surface area is 211 Å². The maximum absolute atomic E-state index is 13.6. The molecule has 0 fully saturated rings. The van der Waals surface area contributed by atoms with Gasteiger partial charge >= 0.3 is 0 Å². The highest BCUT2D eigenvalue weighted by atomic mass is 16.6. The van der Waals surface area contributed by atoms with Gasteiger partial charge in [-0.25, -0.2) is 0 Å². The zero-order valence-electron chi connectivity index (χ0n) is 20.3. The molecule has 3 aromatic carbocycles. The van der Waals surface area contributed by atoms with Crippen LogP contribution in [0.25, 0.3) is 5.76 Å². The first kappa shape index (κ1) is 24.7. The van der Waals surface area contributed by atoms with Gasteiger partial charge in [-0.3, -0.25) is 14.9 Å². The number of hydrogen-bond donors (Lipinski definition) is 0. The number of rotatable bonds is 5. The summed E-state index contributed by atoms with van der Waals surface area (Å²) in [6.07, 6.45) is 2.77.